The number of likely N-dealkylation sites (tertiary alicyclic amines) is 1. The maximum Gasteiger partial charge on any atom is 0.408 e. The molecule has 2 heterocycles. The predicted molar refractivity (Wildman–Crippen MR) is 87.3 cm³/mol. The molecular formula is C18H26N2O2. The van der Waals surface area contributed by atoms with Gasteiger partial charge in [0.1, 0.15) is 0 Å². The Hall–Kier alpha value is -1.55. The smallest absolute Gasteiger partial charge is 0.408 e. The van der Waals surface area contributed by atoms with Gasteiger partial charge in [-0.2, -0.15) is 0 Å². The number of hydrogen-bond acceptors (Lipinski definition) is 2. The summed E-state index contributed by atoms with van der Waals surface area (Å²) in [5.74, 6) is 0.655. The normalized spacial score (nSPS) is 22.4. The van der Waals surface area contributed by atoms with Crippen LogP contribution in [0.2, 0.25) is 0 Å². The summed E-state index contributed by atoms with van der Waals surface area (Å²) in [7, 11) is 2.19. The molecule has 0 unspecified atom stereocenters. The van der Waals surface area contributed by atoms with E-state index in [4.69, 9.17) is 0 Å². The molecule has 120 valence electrons. The number of hydrogen-bond donors (Lipinski definition) is 1. The Balaban J connectivity index is 1.84. The summed E-state index contributed by atoms with van der Waals surface area (Å²) in [5.41, 5.74) is 3.60. The molecule has 4 nitrogen and oxygen atoms in total. The van der Waals surface area contributed by atoms with Crippen LogP contribution in [-0.2, 0) is 13.0 Å². The van der Waals surface area contributed by atoms with E-state index in [2.05, 4.69) is 30.1 Å². The fraction of sp³-hybridized carbons (Fsp3) is 0.611. The van der Waals surface area contributed by atoms with Crippen LogP contribution in [0.4, 0.5) is 4.79 Å². The second kappa shape index (κ2) is 5.58. The topological polar surface area (TPSA) is 43.8 Å². The van der Waals surface area contributed by atoms with E-state index in [1.807, 2.05) is 13.8 Å². The van der Waals surface area contributed by atoms with Crippen molar-refractivity contribution in [1.29, 1.82) is 0 Å². The minimum absolute atomic E-state index is 0.329. The van der Waals surface area contributed by atoms with Gasteiger partial charge in [0.2, 0.25) is 0 Å². The van der Waals surface area contributed by atoms with Crippen LogP contribution in [0.3, 0.4) is 0 Å². The third-order valence-electron chi connectivity index (χ3n) is 5.33. The van der Waals surface area contributed by atoms with Crippen LogP contribution in [0, 0.1) is 0 Å². The zero-order valence-electron chi connectivity index (χ0n) is 13.8. The van der Waals surface area contributed by atoms with Crippen LogP contribution in [0.5, 0.6) is 0 Å². The number of amides is 1. The lowest BCUT2D eigenvalue weighted by Crippen LogP contribution is -2.50. The fourth-order valence-electron chi connectivity index (χ4n) is 3.83. The van der Waals surface area contributed by atoms with Crippen LogP contribution in [0.25, 0.3) is 0 Å². The molecule has 0 spiro atoms. The molecule has 0 radical (unpaired) electrons. The monoisotopic (exact) mass is 302 g/mol. The lowest BCUT2D eigenvalue weighted by Gasteiger charge is -2.42. The summed E-state index contributed by atoms with van der Waals surface area (Å²) in [4.78, 5) is 15.4. The van der Waals surface area contributed by atoms with E-state index in [0.717, 1.165) is 6.42 Å². The summed E-state index contributed by atoms with van der Waals surface area (Å²) in [5, 5.41) is 9.40. The van der Waals surface area contributed by atoms with Crippen molar-refractivity contribution in [1.82, 2.24) is 9.80 Å². The summed E-state index contributed by atoms with van der Waals surface area (Å²) in [6.45, 7) is 6.88. The molecule has 0 saturated carbocycles. The Morgan fingerprint density at radius 1 is 1.23 bits per heavy atom. The Morgan fingerprint density at radius 2 is 1.91 bits per heavy atom. The van der Waals surface area contributed by atoms with Gasteiger partial charge in [0.15, 0.2) is 0 Å². The van der Waals surface area contributed by atoms with Crippen molar-refractivity contribution >= 4 is 6.09 Å². The van der Waals surface area contributed by atoms with E-state index in [1.54, 1.807) is 4.90 Å². The van der Waals surface area contributed by atoms with Crippen molar-refractivity contribution < 1.29 is 9.90 Å². The predicted octanol–water partition coefficient (Wildman–Crippen LogP) is 3.31. The van der Waals surface area contributed by atoms with Crippen molar-refractivity contribution in [2.24, 2.45) is 0 Å². The Labute approximate surface area is 132 Å². The van der Waals surface area contributed by atoms with Crippen LogP contribution in [0.15, 0.2) is 18.2 Å². The minimum atomic E-state index is -0.824. The van der Waals surface area contributed by atoms with Gasteiger partial charge in [-0.25, -0.2) is 4.79 Å². The first kappa shape index (κ1) is 15.3. The molecule has 2 aliphatic rings. The number of fused-ring (bicyclic) bond motifs is 1. The number of rotatable bonds is 1. The molecule has 0 aliphatic carbocycles. The summed E-state index contributed by atoms with van der Waals surface area (Å²) in [6.07, 6.45) is 2.42. The molecule has 1 fully saturated rings. The average Bonchev–Trinajstić information content (AvgIpc) is 2.45. The first-order chi connectivity index (χ1) is 10.4. The molecule has 1 aromatic rings. The average molecular weight is 302 g/mol. The Kier molecular flexibility index (Phi) is 3.89. The van der Waals surface area contributed by atoms with E-state index in [0.29, 0.717) is 12.5 Å². The lowest BCUT2D eigenvalue weighted by molar-refractivity contribution is 0.0800. The van der Waals surface area contributed by atoms with Crippen LogP contribution in [0.1, 0.15) is 49.3 Å². The van der Waals surface area contributed by atoms with Gasteiger partial charge < -0.3 is 10.0 Å². The van der Waals surface area contributed by atoms with E-state index < -0.39 is 6.09 Å². The van der Waals surface area contributed by atoms with Crippen molar-refractivity contribution in [2.45, 2.75) is 51.1 Å². The summed E-state index contributed by atoms with van der Waals surface area (Å²) in [6, 6.07) is 6.70. The van der Waals surface area contributed by atoms with Gasteiger partial charge in [0.25, 0.3) is 0 Å². The van der Waals surface area contributed by atoms with Gasteiger partial charge >= 0.3 is 6.09 Å². The van der Waals surface area contributed by atoms with E-state index in [1.165, 1.54) is 42.6 Å². The van der Waals surface area contributed by atoms with E-state index >= 15 is 0 Å². The number of nitrogens with zero attached hydrogens (tertiary/aromatic N) is 2. The molecule has 1 aromatic carbocycles. The second-order valence-corrected chi connectivity index (χ2v) is 7.46. The first-order valence-corrected chi connectivity index (χ1v) is 8.17. The van der Waals surface area contributed by atoms with Crippen molar-refractivity contribution in [3.8, 4) is 0 Å². The Bertz CT molecular complexity index is 574. The Morgan fingerprint density at radius 3 is 2.55 bits per heavy atom. The molecule has 1 N–H and O–H groups in total. The number of carbonyl (C=O) groups is 1. The summed E-state index contributed by atoms with van der Waals surface area (Å²) >= 11 is 0. The quantitative estimate of drug-likeness (QED) is 0.865. The molecule has 1 amide bonds. The van der Waals surface area contributed by atoms with Crippen molar-refractivity contribution in [3.05, 3.63) is 34.9 Å². The molecule has 1 saturated heterocycles. The van der Waals surface area contributed by atoms with Gasteiger partial charge in [0.05, 0.1) is 0 Å². The highest BCUT2D eigenvalue weighted by Gasteiger charge is 2.36. The number of benzene rings is 1. The standard InChI is InChI=1S/C18H26N2O2/c1-18(2)11-16-10-14(13-6-8-19(3)9-7-13)4-5-15(16)12-20(18)17(21)22/h4-5,10,13H,6-9,11-12H2,1-3H3,(H,21,22). The lowest BCUT2D eigenvalue weighted by atomic mass is 9.82. The van der Waals surface area contributed by atoms with Crippen molar-refractivity contribution in [2.75, 3.05) is 20.1 Å². The first-order valence-electron chi connectivity index (χ1n) is 8.17. The molecule has 2 aliphatic heterocycles. The third-order valence-corrected chi connectivity index (χ3v) is 5.33. The molecular weight excluding hydrogens is 276 g/mol. The SMILES string of the molecule is CN1CCC(c2ccc3c(c2)CC(C)(C)N(C(=O)O)C3)CC1. The van der Waals surface area contributed by atoms with Gasteiger partial charge in [-0.05, 0) is 75.9 Å². The van der Waals surface area contributed by atoms with Gasteiger partial charge in [0, 0.05) is 12.1 Å². The molecule has 22 heavy (non-hydrogen) atoms. The van der Waals surface area contributed by atoms with Gasteiger partial charge in [-0.3, -0.25) is 4.90 Å². The van der Waals surface area contributed by atoms with E-state index in [-0.39, 0.29) is 5.54 Å². The molecule has 0 atom stereocenters. The number of piperidine rings is 1. The highest BCUT2D eigenvalue weighted by molar-refractivity contribution is 5.67. The van der Waals surface area contributed by atoms with Gasteiger partial charge in [-0.1, -0.05) is 18.2 Å². The zero-order valence-corrected chi connectivity index (χ0v) is 13.8. The maximum absolute atomic E-state index is 11.4. The van der Waals surface area contributed by atoms with E-state index in [9.17, 15) is 9.90 Å². The van der Waals surface area contributed by atoms with Crippen LogP contribution in [-0.4, -0.2) is 46.7 Å². The molecule has 4 heteroatoms. The highest BCUT2D eigenvalue weighted by atomic mass is 16.4. The van der Waals surface area contributed by atoms with Crippen LogP contribution < -0.4 is 0 Å². The molecule has 0 aromatic heterocycles. The molecule has 0 bridgehead atoms. The fourth-order valence-corrected chi connectivity index (χ4v) is 3.83. The van der Waals surface area contributed by atoms with Gasteiger partial charge in [-0.15, -0.1) is 0 Å². The highest BCUT2D eigenvalue weighted by Crippen LogP contribution is 2.34. The third kappa shape index (κ3) is 2.84. The number of carboxylic acid groups (broad SMARTS) is 1. The van der Waals surface area contributed by atoms with Crippen molar-refractivity contribution in [3.63, 3.8) is 0 Å². The molecule has 3 rings (SSSR count). The minimum Gasteiger partial charge on any atom is -0.465 e. The zero-order chi connectivity index (χ0) is 15.9. The second-order valence-electron chi connectivity index (χ2n) is 7.46. The largest absolute Gasteiger partial charge is 0.465 e. The summed E-state index contributed by atoms with van der Waals surface area (Å²) < 4.78 is 0. The van der Waals surface area contributed by atoms with Crippen LogP contribution >= 0.6 is 0 Å². The maximum atomic E-state index is 11.4.